The topological polar surface area (TPSA) is 133 Å². The number of rotatable bonds is 11. The number of aromatic nitrogens is 3. The molecule has 1 amide bonds. The predicted octanol–water partition coefficient (Wildman–Crippen LogP) is 4.81. The summed E-state index contributed by atoms with van der Waals surface area (Å²) in [6, 6.07) is 7.45. The molecule has 3 aromatic rings. The molecule has 0 fully saturated rings. The third-order valence-electron chi connectivity index (χ3n) is 5.75. The van der Waals surface area contributed by atoms with E-state index in [2.05, 4.69) is 35.1 Å². The van der Waals surface area contributed by atoms with Gasteiger partial charge in [0.1, 0.15) is 16.9 Å². The smallest absolute Gasteiger partial charge is 0.407 e. The van der Waals surface area contributed by atoms with Crippen LogP contribution in [0.25, 0.3) is 11.2 Å². The third-order valence-corrected chi connectivity index (χ3v) is 5.97. The van der Waals surface area contributed by atoms with Crippen LogP contribution in [0.5, 0.6) is 17.2 Å². The molecule has 13 heteroatoms. The summed E-state index contributed by atoms with van der Waals surface area (Å²) in [6.45, 7) is 10.2. The van der Waals surface area contributed by atoms with E-state index in [-0.39, 0.29) is 12.6 Å². The Morgan fingerprint density at radius 2 is 1.75 bits per heavy atom. The van der Waals surface area contributed by atoms with Gasteiger partial charge in [-0.3, -0.25) is 4.57 Å². The van der Waals surface area contributed by atoms with Gasteiger partial charge in [0, 0.05) is 37.0 Å². The summed E-state index contributed by atoms with van der Waals surface area (Å²) in [5, 5.41) is 13.0. The average Bonchev–Trinajstić information content (AvgIpc) is 3.22. The highest BCUT2D eigenvalue weighted by Gasteiger charge is 2.19. The van der Waals surface area contributed by atoms with Gasteiger partial charge in [-0.2, -0.15) is 0 Å². The number of pyridine rings is 1. The van der Waals surface area contributed by atoms with E-state index >= 15 is 0 Å². The molecule has 0 aliphatic heterocycles. The van der Waals surface area contributed by atoms with Gasteiger partial charge in [-0.25, -0.2) is 14.8 Å². The van der Waals surface area contributed by atoms with E-state index in [0.717, 1.165) is 6.42 Å². The van der Waals surface area contributed by atoms with E-state index < -0.39 is 11.7 Å². The van der Waals surface area contributed by atoms with Crippen LogP contribution in [0.1, 0.15) is 41.0 Å². The standard InChI is InChI=1S/C27H39N7O5S/c1-9-16(2)29-25(40)33-21-11-10-18-23(32-21)34(13-12-28-26(35)39-27(3,4)5)24(31-18)30-17-14-19(36-6)22(38-8)20(15-17)37-7/h10-11,14-16H,9,12-13H2,1-8H3,(H,28,35)(H,30,31)(H2,29,32,33,40). The van der Waals surface area contributed by atoms with Crippen LogP contribution in [0, 0.1) is 0 Å². The molecule has 1 atom stereocenters. The predicted molar refractivity (Wildman–Crippen MR) is 160 cm³/mol. The SMILES string of the molecule is CCC(C)NC(=S)Nc1ccc2nc(Nc3cc(OC)c(OC)c(OC)c3)n(CCNC(=O)OC(C)(C)C)c2n1. The van der Waals surface area contributed by atoms with Gasteiger partial charge in [-0.05, 0) is 58.5 Å². The number of benzene rings is 1. The van der Waals surface area contributed by atoms with Crippen molar-refractivity contribution in [3.63, 3.8) is 0 Å². The minimum absolute atomic E-state index is 0.225. The summed E-state index contributed by atoms with van der Waals surface area (Å²) in [4.78, 5) is 21.8. The molecule has 0 saturated heterocycles. The van der Waals surface area contributed by atoms with Crippen molar-refractivity contribution >= 4 is 52.0 Å². The van der Waals surface area contributed by atoms with Gasteiger partial charge in [0.05, 0.1) is 21.3 Å². The first kappa shape index (κ1) is 30.5. The van der Waals surface area contributed by atoms with Crippen LogP contribution < -0.4 is 35.5 Å². The lowest BCUT2D eigenvalue weighted by atomic mass is 10.2. The maximum atomic E-state index is 12.3. The molecular formula is C27H39N7O5S. The maximum absolute atomic E-state index is 12.3. The summed E-state index contributed by atoms with van der Waals surface area (Å²) < 4.78 is 23.7. The molecule has 218 valence electrons. The minimum Gasteiger partial charge on any atom is -0.493 e. The van der Waals surface area contributed by atoms with Gasteiger partial charge in [0.2, 0.25) is 11.7 Å². The molecule has 0 spiro atoms. The van der Waals surface area contributed by atoms with Crippen molar-refractivity contribution < 1.29 is 23.7 Å². The van der Waals surface area contributed by atoms with Gasteiger partial charge in [-0.15, -0.1) is 0 Å². The molecule has 2 aromatic heterocycles. The normalized spacial score (nSPS) is 11.9. The summed E-state index contributed by atoms with van der Waals surface area (Å²) in [5.74, 6) is 2.52. The van der Waals surface area contributed by atoms with Crippen molar-refractivity contribution in [1.29, 1.82) is 0 Å². The van der Waals surface area contributed by atoms with Crippen LogP contribution in [0.2, 0.25) is 0 Å². The number of ether oxygens (including phenoxy) is 4. The van der Waals surface area contributed by atoms with Gasteiger partial charge in [0.25, 0.3) is 0 Å². The molecule has 4 N–H and O–H groups in total. The first-order valence-corrected chi connectivity index (χ1v) is 13.4. The highest BCUT2D eigenvalue weighted by Crippen LogP contribution is 2.40. The number of nitrogens with zero attached hydrogens (tertiary/aromatic N) is 3. The molecule has 0 aliphatic carbocycles. The van der Waals surface area contributed by atoms with Crippen molar-refractivity contribution in [2.45, 2.75) is 59.2 Å². The number of amides is 1. The molecule has 0 saturated carbocycles. The third kappa shape index (κ3) is 8.01. The zero-order valence-electron chi connectivity index (χ0n) is 24.3. The van der Waals surface area contributed by atoms with Crippen LogP contribution in [-0.4, -0.2) is 65.3 Å². The Kier molecular flexibility index (Phi) is 10.2. The van der Waals surface area contributed by atoms with Crippen molar-refractivity contribution in [1.82, 2.24) is 25.2 Å². The molecule has 40 heavy (non-hydrogen) atoms. The van der Waals surface area contributed by atoms with Gasteiger partial charge < -0.3 is 40.2 Å². The fourth-order valence-corrected chi connectivity index (χ4v) is 4.03. The van der Waals surface area contributed by atoms with Gasteiger partial charge in [-0.1, -0.05) is 6.92 Å². The number of imidazole rings is 1. The quantitative estimate of drug-likeness (QED) is 0.236. The van der Waals surface area contributed by atoms with Gasteiger partial charge in [0.15, 0.2) is 22.3 Å². The van der Waals surface area contributed by atoms with Crippen LogP contribution in [0.3, 0.4) is 0 Å². The Balaban J connectivity index is 1.95. The Hall–Kier alpha value is -4.00. The molecule has 12 nitrogen and oxygen atoms in total. The number of hydrogen-bond acceptors (Lipinski definition) is 9. The molecule has 1 unspecified atom stereocenters. The lowest BCUT2D eigenvalue weighted by Gasteiger charge is -2.20. The molecular weight excluding hydrogens is 534 g/mol. The highest BCUT2D eigenvalue weighted by molar-refractivity contribution is 7.80. The van der Waals surface area contributed by atoms with Crippen molar-refractivity contribution in [3.05, 3.63) is 24.3 Å². The zero-order valence-corrected chi connectivity index (χ0v) is 25.1. The summed E-state index contributed by atoms with van der Waals surface area (Å²) in [5.41, 5.74) is 1.30. The van der Waals surface area contributed by atoms with E-state index in [1.807, 2.05) is 37.5 Å². The van der Waals surface area contributed by atoms with Crippen LogP contribution in [-0.2, 0) is 11.3 Å². The Morgan fingerprint density at radius 1 is 1.07 bits per heavy atom. The Labute approximate surface area is 240 Å². The van der Waals surface area contributed by atoms with E-state index in [4.69, 9.17) is 41.1 Å². The first-order chi connectivity index (χ1) is 19.0. The number of carbonyl (C=O) groups excluding carboxylic acids is 1. The fourth-order valence-electron chi connectivity index (χ4n) is 3.72. The lowest BCUT2D eigenvalue weighted by Crippen LogP contribution is -2.35. The number of nitrogens with one attached hydrogen (secondary N) is 4. The highest BCUT2D eigenvalue weighted by atomic mass is 32.1. The number of fused-ring (bicyclic) bond motifs is 1. The van der Waals surface area contributed by atoms with Gasteiger partial charge >= 0.3 is 6.09 Å². The number of anilines is 3. The van der Waals surface area contributed by atoms with Crippen molar-refractivity contribution in [2.24, 2.45) is 0 Å². The second kappa shape index (κ2) is 13.4. The number of methoxy groups -OCH3 is 3. The number of thiocarbonyl (C=S) groups is 1. The van der Waals surface area contributed by atoms with Crippen molar-refractivity contribution in [2.75, 3.05) is 38.5 Å². The zero-order chi connectivity index (χ0) is 29.4. The minimum atomic E-state index is -0.602. The van der Waals surface area contributed by atoms with E-state index in [1.165, 1.54) is 0 Å². The van der Waals surface area contributed by atoms with Crippen molar-refractivity contribution in [3.8, 4) is 17.2 Å². The van der Waals surface area contributed by atoms with Crippen LogP contribution in [0.15, 0.2) is 24.3 Å². The number of alkyl carbamates (subject to hydrolysis) is 1. The summed E-state index contributed by atoms with van der Waals surface area (Å²) in [7, 11) is 4.65. The molecule has 2 heterocycles. The van der Waals surface area contributed by atoms with Crippen LogP contribution >= 0.6 is 12.2 Å². The van der Waals surface area contributed by atoms with E-state index in [9.17, 15) is 4.79 Å². The second-order valence-corrected chi connectivity index (χ2v) is 10.4. The number of hydrogen-bond donors (Lipinski definition) is 4. The molecule has 0 bridgehead atoms. The maximum Gasteiger partial charge on any atom is 0.407 e. The molecule has 1 aromatic carbocycles. The molecule has 0 aliphatic rings. The van der Waals surface area contributed by atoms with E-state index in [0.29, 0.717) is 57.5 Å². The molecule has 0 radical (unpaired) electrons. The number of carbonyl (C=O) groups is 1. The Bertz CT molecular complexity index is 1310. The van der Waals surface area contributed by atoms with Crippen LogP contribution in [0.4, 0.5) is 22.2 Å². The monoisotopic (exact) mass is 573 g/mol. The summed E-state index contributed by atoms with van der Waals surface area (Å²) in [6.07, 6.45) is 0.426. The average molecular weight is 574 g/mol. The summed E-state index contributed by atoms with van der Waals surface area (Å²) >= 11 is 5.44. The molecule has 3 rings (SSSR count). The fraction of sp³-hybridized carbons (Fsp3) is 0.481. The lowest BCUT2D eigenvalue weighted by molar-refractivity contribution is 0.0526. The first-order valence-electron chi connectivity index (χ1n) is 13.0. The largest absolute Gasteiger partial charge is 0.493 e. The van der Waals surface area contributed by atoms with E-state index in [1.54, 1.807) is 33.5 Å². The second-order valence-electron chi connectivity index (χ2n) is 10.0. The Morgan fingerprint density at radius 3 is 2.33 bits per heavy atom.